The Morgan fingerprint density at radius 3 is 2.65 bits per heavy atom. The van der Waals surface area contributed by atoms with E-state index in [1.54, 1.807) is 19.9 Å². The van der Waals surface area contributed by atoms with Crippen molar-refractivity contribution in [1.29, 1.82) is 0 Å². The number of thiophene rings is 1. The fourth-order valence-electron chi connectivity index (χ4n) is 2.29. The Morgan fingerprint density at radius 1 is 1.50 bits per heavy atom. The third-order valence-corrected chi connectivity index (χ3v) is 7.56. The van der Waals surface area contributed by atoms with Crippen LogP contribution in [0.4, 0.5) is 0 Å². The van der Waals surface area contributed by atoms with Crippen LogP contribution in [0.5, 0.6) is 0 Å². The van der Waals surface area contributed by atoms with Gasteiger partial charge in [-0.1, -0.05) is 11.6 Å². The minimum absolute atomic E-state index is 0.0212. The third-order valence-electron chi connectivity index (χ3n) is 3.57. The fraction of sp³-hybridized carbons (Fsp3) is 0.583. The summed E-state index contributed by atoms with van der Waals surface area (Å²) >= 11 is 6.95. The molecule has 0 aliphatic carbocycles. The summed E-state index contributed by atoms with van der Waals surface area (Å²) in [4.78, 5) is 11.1. The summed E-state index contributed by atoms with van der Waals surface area (Å²) in [7, 11) is -3.68. The Hall–Kier alpha value is -0.630. The van der Waals surface area contributed by atoms with Crippen molar-refractivity contribution < 1.29 is 18.3 Å². The number of nitrogens with zero attached hydrogens (tertiary/aromatic N) is 1. The van der Waals surface area contributed by atoms with Gasteiger partial charge in [0.2, 0.25) is 0 Å². The quantitative estimate of drug-likeness (QED) is 0.919. The number of halogens is 1. The Balaban J connectivity index is 2.34. The topological polar surface area (TPSA) is 74.7 Å². The SMILES string of the molecule is Cc1cc(S(=O)(=O)N2CC(C(=O)O)CCC2C)sc1Cl. The van der Waals surface area contributed by atoms with Crippen LogP contribution in [0.25, 0.3) is 0 Å². The van der Waals surface area contributed by atoms with Crippen LogP contribution in [-0.4, -0.2) is 36.4 Å². The molecule has 2 rings (SSSR count). The fourth-order valence-corrected chi connectivity index (χ4v) is 5.83. The molecule has 1 aliphatic heterocycles. The zero-order valence-corrected chi connectivity index (χ0v) is 13.6. The summed E-state index contributed by atoms with van der Waals surface area (Å²) in [6.45, 7) is 3.57. The molecule has 1 aliphatic rings. The zero-order chi connectivity index (χ0) is 15.1. The van der Waals surface area contributed by atoms with Crippen molar-refractivity contribution in [2.24, 2.45) is 5.92 Å². The maximum Gasteiger partial charge on any atom is 0.307 e. The predicted molar refractivity (Wildman–Crippen MR) is 77.8 cm³/mol. The van der Waals surface area contributed by atoms with E-state index in [4.69, 9.17) is 16.7 Å². The molecule has 8 heteroatoms. The summed E-state index contributed by atoms with van der Waals surface area (Å²) in [6, 6.07) is 1.34. The molecular weight excluding hydrogens is 322 g/mol. The maximum atomic E-state index is 12.6. The second-order valence-electron chi connectivity index (χ2n) is 5.06. The number of aryl methyl sites for hydroxylation is 1. The number of piperidine rings is 1. The second-order valence-corrected chi connectivity index (χ2v) is 8.83. The van der Waals surface area contributed by atoms with Gasteiger partial charge >= 0.3 is 5.97 Å². The Labute approximate surface area is 127 Å². The van der Waals surface area contributed by atoms with Crippen LogP contribution < -0.4 is 0 Å². The number of rotatable bonds is 3. The minimum Gasteiger partial charge on any atom is -0.481 e. The van der Waals surface area contributed by atoms with Crippen LogP contribution in [-0.2, 0) is 14.8 Å². The van der Waals surface area contributed by atoms with Gasteiger partial charge in [-0.15, -0.1) is 11.3 Å². The highest BCUT2D eigenvalue weighted by Gasteiger charge is 2.38. The minimum atomic E-state index is -3.68. The van der Waals surface area contributed by atoms with E-state index in [1.165, 1.54) is 4.31 Å². The molecule has 0 aromatic carbocycles. The highest BCUT2D eigenvalue weighted by molar-refractivity contribution is 7.91. The van der Waals surface area contributed by atoms with Gasteiger partial charge in [0.05, 0.1) is 10.3 Å². The lowest BCUT2D eigenvalue weighted by molar-refractivity contribution is -0.143. The molecule has 0 amide bonds. The first kappa shape index (κ1) is 15.8. The molecule has 0 spiro atoms. The molecule has 1 N–H and O–H groups in total. The van der Waals surface area contributed by atoms with Gasteiger partial charge in [-0.2, -0.15) is 4.31 Å². The number of aliphatic carboxylic acids is 1. The van der Waals surface area contributed by atoms with E-state index in [0.717, 1.165) is 16.9 Å². The number of carboxylic acid groups (broad SMARTS) is 1. The van der Waals surface area contributed by atoms with Crippen LogP contribution in [0.2, 0.25) is 4.34 Å². The summed E-state index contributed by atoms with van der Waals surface area (Å²) < 4.78 is 27.1. The van der Waals surface area contributed by atoms with E-state index in [9.17, 15) is 13.2 Å². The van der Waals surface area contributed by atoms with E-state index < -0.39 is 21.9 Å². The van der Waals surface area contributed by atoms with Gasteiger partial charge < -0.3 is 5.11 Å². The second kappa shape index (κ2) is 5.63. The van der Waals surface area contributed by atoms with Crippen LogP contribution >= 0.6 is 22.9 Å². The number of sulfonamides is 1. The van der Waals surface area contributed by atoms with Crippen LogP contribution in [0, 0.1) is 12.8 Å². The van der Waals surface area contributed by atoms with Gasteiger partial charge in [-0.25, -0.2) is 8.42 Å². The molecule has 5 nitrogen and oxygen atoms in total. The number of carboxylic acids is 1. The molecule has 2 unspecified atom stereocenters. The highest BCUT2D eigenvalue weighted by atomic mass is 35.5. The first-order chi connectivity index (χ1) is 9.23. The van der Waals surface area contributed by atoms with Gasteiger partial charge in [0.1, 0.15) is 4.21 Å². The lowest BCUT2D eigenvalue weighted by atomic mass is 9.96. The van der Waals surface area contributed by atoms with Crippen molar-refractivity contribution in [1.82, 2.24) is 4.31 Å². The van der Waals surface area contributed by atoms with Crippen LogP contribution in [0.1, 0.15) is 25.3 Å². The Kier molecular flexibility index (Phi) is 4.44. The first-order valence-corrected chi connectivity index (χ1v) is 8.87. The third kappa shape index (κ3) is 2.86. The van der Waals surface area contributed by atoms with E-state index in [2.05, 4.69) is 0 Å². The van der Waals surface area contributed by atoms with Crippen molar-refractivity contribution in [3.05, 3.63) is 16.0 Å². The largest absolute Gasteiger partial charge is 0.481 e. The number of hydrogen-bond donors (Lipinski definition) is 1. The summed E-state index contributed by atoms with van der Waals surface area (Å²) in [5.41, 5.74) is 0.717. The monoisotopic (exact) mass is 337 g/mol. The van der Waals surface area contributed by atoms with Gasteiger partial charge in [0.25, 0.3) is 10.0 Å². The Bertz CT molecular complexity index is 606. The molecule has 1 fully saturated rings. The average molecular weight is 338 g/mol. The first-order valence-electron chi connectivity index (χ1n) is 6.24. The lowest BCUT2D eigenvalue weighted by Crippen LogP contribution is -2.47. The van der Waals surface area contributed by atoms with Gasteiger partial charge in [-0.3, -0.25) is 4.79 Å². The van der Waals surface area contributed by atoms with E-state index >= 15 is 0 Å². The normalized spacial score (nSPS) is 24.8. The molecule has 2 atom stereocenters. The molecule has 0 radical (unpaired) electrons. The number of carbonyl (C=O) groups is 1. The van der Waals surface area contributed by atoms with Crippen molar-refractivity contribution in [3.8, 4) is 0 Å². The van der Waals surface area contributed by atoms with Crippen molar-refractivity contribution in [2.45, 2.75) is 36.9 Å². The van der Waals surface area contributed by atoms with Gasteiger partial charge in [0, 0.05) is 12.6 Å². The van der Waals surface area contributed by atoms with Crippen molar-refractivity contribution in [3.63, 3.8) is 0 Å². The molecule has 0 saturated carbocycles. The molecule has 1 aromatic rings. The van der Waals surface area contributed by atoms with Gasteiger partial charge in [0.15, 0.2) is 0 Å². The summed E-state index contributed by atoms with van der Waals surface area (Å²) in [5.74, 6) is -1.59. The lowest BCUT2D eigenvalue weighted by Gasteiger charge is -2.34. The molecule has 20 heavy (non-hydrogen) atoms. The highest BCUT2D eigenvalue weighted by Crippen LogP contribution is 2.35. The number of hydrogen-bond acceptors (Lipinski definition) is 4. The molecule has 0 bridgehead atoms. The van der Waals surface area contributed by atoms with E-state index in [-0.39, 0.29) is 16.8 Å². The zero-order valence-electron chi connectivity index (χ0n) is 11.2. The van der Waals surface area contributed by atoms with Gasteiger partial charge in [-0.05, 0) is 38.3 Å². The molecular formula is C12H16ClNO4S2. The summed E-state index contributed by atoms with van der Waals surface area (Å²) in [5, 5.41) is 9.09. The summed E-state index contributed by atoms with van der Waals surface area (Å²) in [6.07, 6.45) is 1.06. The smallest absolute Gasteiger partial charge is 0.307 e. The predicted octanol–water partition coefficient (Wildman–Crippen LogP) is 2.58. The standard InChI is InChI=1S/C12H16ClNO4S2/c1-7-5-10(19-11(7)13)20(17,18)14-6-9(12(15)16)4-3-8(14)2/h5,8-9H,3-4,6H2,1-2H3,(H,15,16). The van der Waals surface area contributed by atoms with E-state index in [1.807, 2.05) is 0 Å². The van der Waals surface area contributed by atoms with Crippen LogP contribution in [0.15, 0.2) is 10.3 Å². The average Bonchev–Trinajstić information content (AvgIpc) is 2.70. The van der Waals surface area contributed by atoms with Crippen molar-refractivity contribution in [2.75, 3.05) is 6.54 Å². The van der Waals surface area contributed by atoms with E-state index in [0.29, 0.717) is 17.2 Å². The Morgan fingerprint density at radius 2 is 2.15 bits per heavy atom. The molecule has 1 aromatic heterocycles. The van der Waals surface area contributed by atoms with Crippen LogP contribution in [0.3, 0.4) is 0 Å². The van der Waals surface area contributed by atoms with Crippen molar-refractivity contribution >= 4 is 38.9 Å². The molecule has 1 saturated heterocycles. The maximum absolute atomic E-state index is 12.6. The molecule has 112 valence electrons. The molecule has 2 heterocycles.